The highest BCUT2D eigenvalue weighted by Gasteiger charge is 2.27. The zero-order chi connectivity index (χ0) is 24.6. The second kappa shape index (κ2) is 16.3. The summed E-state index contributed by atoms with van der Waals surface area (Å²) in [6.07, 6.45) is 4.09. The summed E-state index contributed by atoms with van der Waals surface area (Å²) in [7, 11) is 1.65. The molecule has 186 valence electrons. The fourth-order valence-corrected chi connectivity index (χ4v) is 3.78. The summed E-state index contributed by atoms with van der Waals surface area (Å²) >= 11 is 6.14. The van der Waals surface area contributed by atoms with Crippen LogP contribution in [0.25, 0.3) is 0 Å². The standard InChI is InChI=1S/C24H39ClN4O4/c1-5-8-18(3)23(24(32)29(4)16-22(31)27-6-2)28-13-14-33-21-15-20(25)11-10-19(21)9-7-12-26-17-30/h10-11,15,17-18,23,28H,5-9,12-14,16H2,1-4H3,(H,26,30)(H,27,31). The molecule has 2 atom stereocenters. The molecular weight excluding hydrogens is 444 g/mol. The number of ether oxygens (including phenoxy) is 1. The first-order valence-electron chi connectivity index (χ1n) is 11.7. The summed E-state index contributed by atoms with van der Waals surface area (Å²) in [6.45, 7) is 7.97. The molecule has 1 aromatic rings. The Morgan fingerprint density at radius 1 is 1.24 bits per heavy atom. The van der Waals surface area contributed by atoms with Gasteiger partial charge in [0.15, 0.2) is 0 Å². The fourth-order valence-electron chi connectivity index (χ4n) is 3.62. The average Bonchev–Trinajstić information content (AvgIpc) is 2.77. The van der Waals surface area contributed by atoms with E-state index in [9.17, 15) is 14.4 Å². The van der Waals surface area contributed by atoms with Gasteiger partial charge in [0, 0.05) is 31.7 Å². The quantitative estimate of drug-likeness (QED) is 0.234. The fraction of sp³-hybridized carbons (Fsp3) is 0.625. The normalized spacial score (nSPS) is 12.5. The van der Waals surface area contributed by atoms with E-state index in [2.05, 4.69) is 22.9 Å². The maximum Gasteiger partial charge on any atom is 0.240 e. The van der Waals surface area contributed by atoms with E-state index in [1.54, 1.807) is 13.1 Å². The lowest BCUT2D eigenvalue weighted by Gasteiger charge is -2.28. The van der Waals surface area contributed by atoms with E-state index >= 15 is 0 Å². The van der Waals surface area contributed by atoms with Gasteiger partial charge >= 0.3 is 0 Å². The molecule has 0 fully saturated rings. The van der Waals surface area contributed by atoms with Crippen LogP contribution in [0.1, 0.15) is 45.6 Å². The Bertz CT molecular complexity index is 747. The Morgan fingerprint density at radius 2 is 2.00 bits per heavy atom. The molecule has 8 nitrogen and oxygen atoms in total. The molecule has 0 aliphatic carbocycles. The molecule has 9 heteroatoms. The molecule has 0 saturated carbocycles. The lowest BCUT2D eigenvalue weighted by molar-refractivity contribution is -0.137. The number of amides is 3. The number of nitrogens with one attached hydrogen (secondary N) is 3. The van der Waals surface area contributed by atoms with Gasteiger partial charge in [-0.15, -0.1) is 0 Å². The molecule has 0 heterocycles. The number of likely N-dealkylation sites (N-methyl/N-ethyl adjacent to an activating group) is 2. The zero-order valence-electron chi connectivity index (χ0n) is 20.3. The number of nitrogens with zero attached hydrogens (tertiary/aromatic N) is 1. The third kappa shape index (κ3) is 10.9. The first-order chi connectivity index (χ1) is 15.8. The van der Waals surface area contributed by atoms with Gasteiger partial charge in [0.2, 0.25) is 18.2 Å². The first kappa shape index (κ1) is 28.7. The number of carbonyl (C=O) groups excluding carboxylic acids is 3. The van der Waals surface area contributed by atoms with Crippen molar-refractivity contribution in [3.05, 3.63) is 28.8 Å². The Kier molecular flexibility index (Phi) is 14.2. The second-order valence-electron chi connectivity index (χ2n) is 8.12. The van der Waals surface area contributed by atoms with E-state index < -0.39 is 6.04 Å². The summed E-state index contributed by atoms with van der Waals surface area (Å²) in [6, 6.07) is 5.13. The predicted molar refractivity (Wildman–Crippen MR) is 132 cm³/mol. The smallest absolute Gasteiger partial charge is 0.240 e. The van der Waals surface area contributed by atoms with Crippen LogP contribution in [0.3, 0.4) is 0 Å². The van der Waals surface area contributed by atoms with Crippen molar-refractivity contribution in [2.45, 2.75) is 52.5 Å². The van der Waals surface area contributed by atoms with Crippen LogP contribution in [0, 0.1) is 5.92 Å². The van der Waals surface area contributed by atoms with Crippen LogP contribution in [0.2, 0.25) is 5.02 Å². The minimum Gasteiger partial charge on any atom is -0.492 e. The van der Waals surface area contributed by atoms with Crippen molar-refractivity contribution in [3.63, 3.8) is 0 Å². The zero-order valence-corrected chi connectivity index (χ0v) is 21.0. The van der Waals surface area contributed by atoms with Gasteiger partial charge in [-0.3, -0.25) is 14.4 Å². The summed E-state index contributed by atoms with van der Waals surface area (Å²) in [5.74, 6) is 0.545. The highest BCUT2D eigenvalue weighted by atomic mass is 35.5. The summed E-state index contributed by atoms with van der Waals surface area (Å²) in [5.41, 5.74) is 1.01. The van der Waals surface area contributed by atoms with Crippen molar-refractivity contribution in [1.29, 1.82) is 0 Å². The molecule has 0 spiro atoms. The van der Waals surface area contributed by atoms with Crippen molar-refractivity contribution >= 4 is 29.8 Å². The van der Waals surface area contributed by atoms with Crippen molar-refractivity contribution in [1.82, 2.24) is 20.9 Å². The predicted octanol–water partition coefficient (Wildman–Crippen LogP) is 2.39. The number of aryl methyl sites for hydroxylation is 1. The van der Waals surface area contributed by atoms with Gasteiger partial charge in [0.05, 0.1) is 12.6 Å². The minimum atomic E-state index is -0.402. The van der Waals surface area contributed by atoms with Crippen LogP contribution in [0.15, 0.2) is 18.2 Å². The Balaban J connectivity index is 2.70. The maximum absolute atomic E-state index is 13.0. The highest BCUT2D eigenvalue weighted by Crippen LogP contribution is 2.24. The molecule has 2 unspecified atom stereocenters. The summed E-state index contributed by atoms with van der Waals surface area (Å²) in [5, 5.41) is 9.29. The van der Waals surface area contributed by atoms with Crippen LogP contribution in [0.5, 0.6) is 5.75 Å². The van der Waals surface area contributed by atoms with Gasteiger partial charge in [0.25, 0.3) is 0 Å². The van der Waals surface area contributed by atoms with E-state index in [0.29, 0.717) is 43.4 Å². The molecular formula is C24H39ClN4O4. The largest absolute Gasteiger partial charge is 0.492 e. The number of benzene rings is 1. The van der Waals surface area contributed by atoms with E-state index in [0.717, 1.165) is 31.2 Å². The van der Waals surface area contributed by atoms with Crippen LogP contribution < -0.4 is 20.7 Å². The molecule has 33 heavy (non-hydrogen) atoms. The van der Waals surface area contributed by atoms with Crippen molar-refractivity contribution in [2.75, 3.05) is 39.8 Å². The van der Waals surface area contributed by atoms with Gasteiger partial charge in [-0.05, 0) is 49.8 Å². The van der Waals surface area contributed by atoms with Gasteiger partial charge in [-0.1, -0.05) is 37.9 Å². The molecule has 1 rings (SSSR count). The molecule has 0 aliphatic heterocycles. The highest BCUT2D eigenvalue weighted by molar-refractivity contribution is 6.30. The number of carbonyl (C=O) groups is 3. The average molecular weight is 483 g/mol. The Labute approximate surface area is 202 Å². The molecule has 3 N–H and O–H groups in total. The third-order valence-electron chi connectivity index (χ3n) is 5.31. The van der Waals surface area contributed by atoms with Gasteiger partial charge in [-0.2, -0.15) is 0 Å². The number of hydrogen-bond donors (Lipinski definition) is 3. The molecule has 0 saturated heterocycles. The number of rotatable bonds is 17. The van der Waals surface area contributed by atoms with Crippen molar-refractivity contribution in [3.8, 4) is 5.75 Å². The van der Waals surface area contributed by atoms with E-state index in [4.69, 9.17) is 16.3 Å². The lowest BCUT2D eigenvalue weighted by atomic mass is 9.95. The van der Waals surface area contributed by atoms with E-state index in [1.165, 1.54) is 4.90 Å². The van der Waals surface area contributed by atoms with Gasteiger partial charge in [0.1, 0.15) is 12.4 Å². The SMILES string of the molecule is CCCC(C)C(NCCOc1cc(Cl)ccc1CCCNC=O)C(=O)N(C)CC(=O)NCC. The lowest BCUT2D eigenvalue weighted by Crippen LogP contribution is -2.51. The van der Waals surface area contributed by atoms with Gasteiger partial charge in [-0.25, -0.2) is 0 Å². The monoisotopic (exact) mass is 482 g/mol. The molecule has 0 aromatic heterocycles. The third-order valence-corrected chi connectivity index (χ3v) is 5.55. The van der Waals surface area contributed by atoms with Crippen molar-refractivity contribution < 1.29 is 19.1 Å². The van der Waals surface area contributed by atoms with E-state index in [1.807, 2.05) is 26.0 Å². The van der Waals surface area contributed by atoms with Gasteiger partial charge < -0.3 is 25.6 Å². The molecule has 0 bridgehead atoms. The van der Waals surface area contributed by atoms with Crippen molar-refractivity contribution in [2.24, 2.45) is 5.92 Å². The van der Waals surface area contributed by atoms with Crippen LogP contribution in [-0.2, 0) is 20.8 Å². The Morgan fingerprint density at radius 3 is 2.67 bits per heavy atom. The first-order valence-corrected chi connectivity index (χ1v) is 12.0. The Hall–Kier alpha value is -2.32. The summed E-state index contributed by atoms with van der Waals surface area (Å²) in [4.78, 5) is 36.8. The van der Waals surface area contributed by atoms with Crippen LogP contribution in [-0.4, -0.2) is 69.0 Å². The summed E-state index contributed by atoms with van der Waals surface area (Å²) < 4.78 is 5.98. The number of hydrogen-bond acceptors (Lipinski definition) is 5. The second-order valence-corrected chi connectivity index (χ2v) is 8.56. The van der Waals surface area contributed by atoms with Crippen LogP contribution in [0.4, 0.5) is 0 Å². The molecule has 0 aliphatic rings. The van der Waals surface area contributed by atoms with Crippen LogP contribution >= 0.6 is 11.6 Å². The topological polar surface area (TPSA) is 99.8 Å². The number of halogens is 1. The van der Waals surface area contributed by atoms with E-state index in [-0.39, 0.29) is 24.3 Å². The maximum atomic E-state index is 13.0. The molecule has 3 amide bonds. The molecule has 0 radical (unpaired) electrons. The molecule has 1 aromatic carbocycles. The minimum absolute atomic E-state index is 0.0328.